The van der Waals surface area contributed by atoms with Gasteiger partial charge in [-0.25, -0.2) is 0 Å². The van der Waals surface area contributed by atoms with E-state index in [1.807, 2.05) is 0 Å². The first kappa shape index (κ1) is 14.5. The molecule has 0 bridgehead atoms. The zero-order valence-corrected chi connectivity index (χ0v) is 11.7. The lowest BCUT2D eigenvalue weighted by Crippen LogP contribution is -2.13. The Bertz CT molecular complexity index is 656. The normalized spacial score (nSPS) is 9.81. The first-order chi connectivity index (χ1) is 10.1. The van der Waals surface area contributed by atoms with Crippen molar-refractivity contribution >= 4 is 23.2 Å². The summed E-state index contributed by atoms with van der Waals surface area (Å²) in [6, 6.07) is 8.23. The molecular formula is C15H15N3O3. The van der Waals surface area contributed by atoms with E-state index in [0.29, 0.717) is 22.7 Å². The fourth-order valence-electron chi connectivity index (χ4n) is 1.78. The number of nitrogens with one attached hydrogen (secondary N) is 2. The van der Waals surface area contributed by atoms with Crippen LogP contribution in [-0.4, -0.2) is 23.9 Å². The summed E-state index contributed by atoms with van der Waals surface area (Å²) < 4.78 is 5.20. The van der Waals surface area contributed by atoms with Crippen molar-refractivity contribution in [3.05, 3.63) is 48.3 Å². The van der Waals surface area contributed by atoms with Crippen molar-refractivity contribution in [1.82, 2.24) is 4.98 Å². The maximum absolute atomic E-state index is 12.1. The van der Waals surface area contributed by atoms with Gasteiger partial charge in [-0.15, -0.1) is 0 Å². The van der Waals surface area contributed by atoms with Crippen LogP contribution in [-0.2, 0) is 4.79 Å². The minimum Gasteiger partial charge on any atom is -0.495 e. The molecule has 0 aliphatic rings. The molecule has 2 N–H and O–H groups in total. The molecule has 0 aliphatic heterocycles. The highest BCUT2D eigenvalue weighted by atomic mass is 16.5. The van der Waals surface area contributed by atoms with Gasteiger partial charge in [0, 0.05) is 30.6 Å². The van der Waals surface area contributed by atoms with E-state index in [2.05, 4.69) is 15.6 Å². The van der Waals surface area contributed by atoms with E-state index in [-0.39, 0.29) is 11.8 Å². The van der Waals surface area contributed by atoms with Crippen LogP contribution in [0.3, 0.4) is 0 Å². The van der Waals surface area contributed by atoms with Gasteiger partial charge in [0.1, 0.15) is 5.75 Å². The fraction of sp³-hybridized carbons (Fsp3) is 0.133. The maximum atomic E-state index is 12.1. The zero-order valence-electron chi connectivity index (χ0n) is 11.7. The molecule has 2 aromatic rings. The number of rotatable bonds is 4. The molecule has 1 aromatic carbocycles. The average Bonchev–Trinajstić information content (AvgIpc) is 2.48. The number of pyridine rings is 1. The summed E-state index contributed by atoms with van der Waals surface area (Å²) in [5, 5.41) is 5.40. The number of hydrogen-bond donors (Lipinski definition) is 2. The Labute approximate surface area is 122 Å². The van der Waals surface area contributed by atoms with E-state index in [1.54, 1.807) is 42.7 Å². The van der Waals surface area contributed by atoms with Crippen molar-refractivity contribution in [2.24, 2.45) is 0 Å². The van der Waals surface area contributed by atoms with Gasteiger partial charge >= 0.3 is 0 Å². The molecule has 0 aliphatic carbocycles. The quantitative estimate of drug-likeness (QED) is 0.903. The molecule has 108 valence electrons. The van der Waals surface area contributed by atoms with Crippen molar-refractivity contribution in [1.29, 1.82) is 0 Å². The minimum absolute atomic E-state index is 0.188. The molecule has 1 heterocycles. The number of amides is 2. The van der Waals surface area contributed by atoms with Gasteiger partial charge in [0.05, 0.1) is 12.8 Å². The van der Waals surface area contributed by atoms with Gasteiger partial charge in [0.15, 0.2) is 0 Å². The molecule has 0 saturated heterocycles. The van der Waals surface area contributed by atoms with Crippen molar-refractivity contribution in [3.63, 3.8) is 0 Å². The van der Waals surface area contributed by atoms with Crippen molar-refractivity contribution in [3.8, 4) is 5.75 Å². The number of carbonyl (C=O) groups is 2. The Kier molecular flexibility index (Phi) is 4.50. The molecule has 6 heteroatoms. The largest absolute Gasteiger partial charge is 0.495 e. The molecule has 0 fully saturated rings. The maximum Gasteiger partial charge on any atom is 0.255 e. The van der Waals surface area contributed by atoms with E-state index >= 15 is 0 Å². The lowest BCUT2D eigenvalue weighted by Gasteiger charge is -2.12. The molecule has 0 saturated carbocycles. The molecule has 0 unspecified atom stereocenters. The van der Waals surface area contributed by atoms with Crippen LogP contribution in [0, 0.1) is 0 Å². The Morgan fingerprint density at radius 3 is 2.43 bits per heavy atom. The Hall–Kier alpha value is -2.89. The van der Waals surface area contributed by atoms with Crippen LogP contribution >= 0.6 is 0 Å². The zero-order chi connectivity index (χ0) is 15.2. The molecule has 21 heavy (non-hydrogen) atoms. The standard InChI is InChI=1S/C15H15N3O3/c1-10(19)17-12-3-4-14(21-2)13(9-12)18-15(20)11-5-7-16-8-6-11/h3-9H,1-2H3,(H,17,19)(H,18,20). The Balaban J connectivity index is 2.25. The molecule has 6 nitrogen and oxygen atoms in total. The Morgan fingerprint density at radius 1 is 1.10 bits per heavy atom. The van der Waals surface area contributed by atoms with E-state index in [4.69, 9.17) is 4.74 Å². The second-order valence-corrected chi connectivity index (χ2v) is 4.29. The molecule has 0 spiro atoms. The third-order valence-electron chi connectivity index (χ3n) is 2.71. The number of aromatic nitrogens is 1. The fourth-order valence-corrected chi connectivity index (χ4v) is 1.78. The molecule has 0 radical (unpaired) electrons. The average molecular weight is 285 g/mol. The summed E-state index contributed by atoms with van der Waals surface area (Å²) in [5.41, 5.74) is 1.54. The van der Waals surface area contributed by atoms with E-state index in [0.717, 1.165) is 0 Å². The second kappa shape index (κ2) is 6.51. The lowest BCUT2D eigenvalue weighted by molar-refractivity contribution is -0.114. The minimum atomic E-state index is -0.282. The number of benzene rings is 1. The second-order valence-electron chi connectivity index (χ2n) is 4.29. The van der Waals surface area contributed by atoms with Gasteiger partial charge in [-0.05, 0) is 30.3 Å². The number of nitrogens with zero attached hydrogens (tertiary/aromatic N) is 1. The smallest absolute Gasteiger partial charge is 0.255 e. The van der Waals surface area contributed by atoms with Gasteiger partial charge in [-0.1, -0.05) is 0 Å². The monoisotopic (exact) mass is 285 g/mol. The predicted molar refractivity (Wildman–Crippen MR) is 79.5 cm³/mol. The molecule has 0 atom stereocenters. The summed E-state index contributed by atoms with van der Waals surface area (Å²) in [6.45, 7) is 1.42. The highest BCUT2D eigenvalue weighted by Gasteiger charge is 2.10. The predicted octanol–water partition coefficient (Wildman–Crippen LogP) is 2.30. The summed E-state index contributed by atoms with van der Waals surface area (Å²) in [5.74, 6) is 0.0359. The van der Waals surface area contributed by atoms with Gasteiger partial charge in [0.2, 0.25) is 5.91 Å². The van der Waals surface area contributed by atoms with Crippen LogP contribution in [0.2, 0.25) is 0 Å². The first-order valence-electron chi connectivity index (χ1n) is 6.27. The summed E-state index contributed by atoms with van der Waals surface area (Å²) in [7, 11) is 1.51. The number of methoxy groups -OCH3 is 1. The number of carbonyl (C=O) groups excluding carboxylic acids is 2. The third-order valence-corrected chi connectivity index (χ3v) is 2.71. The summed E-state index contributed by atoms with van der Waals surface area (Å²) in [4.78, 5) is 27.1. The highest BCUT2D eigenvalue weighted by Crippen LogP contribution is 2.28. The highest BCUT2D eigenvalue weighted by molar-refractivity contribution is 6.05. The number of anilines is 2. The van der Waals surface area contributed by atoms with Crippen LogP contribution < -0.4 is 15.4 Å². The van der Waals surface area contributed by atoms with Crippen molar-refractivity contribution in [2.75, 3.05) is 17.7 Å². The van der Waals surface area contributed by atoms with E-state index in [9.17, 15) is 9.59 Å². The van der Waals surface area contributed by atoms with Gasteiger partial charge in [0.25, 0.3) is 5.91 Å². The van der Waals surface area contributed by atoms with Gasteiger partial charge < -0.3 is 15.4 Å². The number of hydrogen-bond acceptors (Lipinski definition) is 4. The Morgan fingerprint density at radius 2 is 1.81 bits per heavy atom. The van der Waals surface area contributed by atoms with Crippen LogP contribution in [0.4, 0.5) is 11.4 Å². The number of ether oxygens (including phenoxy) is 1. The van der Waals surface area contributed by atoms with Crippen molar-refractivity contribution in [2.45, 2.75) is 6.92 Å². The molecule has 1 aromatic heterocycles. The topological polar surface area (TPSA) is 80.3 Å². The summed E-state index contributed by atoms with van der Waals surface area (Å²) in [6.07, 6.45) is 3.08. The van der Waals surface area contributed by atoms with E-state index < -0.39 is 0 Å². The van der Waals surface area contributed by atoms with Gasteiger partial charge in [-0.2, -0.15) is 0 Å². The molecular weight excluding hydrogens is 270 g/mol. The van der Waals surface area contributed by atoms with Crippen LogP contribution in [0.25, 0.3) is 0 Å². The SMILES string of the molecule is COc1ccc(NC(C)=O)cc1NC(=O)c1ccncc1. The van der Waals surface area contributed by atoms with Crippen molar-refractivity contribution < 1.29 is 14.3 Å². The first-order valence-corrected chi connectivity index (χ1v) is 6.27. The molecule has 2 amide bonds. The lowest BCUT2D eigenvalue weighted by atomic mass is 10.2. The molecule has 2 rings (SSSR count). The summed E-state index contributed by atoms with van der Waals surface area (Å²) >= 11 is 0. The van der Waals surface area contributed by atoms with Gasteiger partial charge in [-0.3, -0.25) is 14.6 Å². The van der Waals surface area contributed by atoms with Crippen LogP contribution in [0.1, 0.15) is 17.3 Å². The van der Waals surface area contributed by atoms with E-state index in [1.165, 1.54) is 14.0 Å². The third kappa shape index (κ3) is 3.79. The van der Waals surface area contributed by atoms with Crippen LogP contribution in [0.15, 0.2) is 42.7 Å². The van der Waals surface area contributed by atoms with Crippen LogP contribution in [0.5, 0.6) is 5.75 Å².